The Labute approximate surface area is 188 Å². The van der Waals surface area contributed by atoms with E-state index >= 15 is 0 Å². The number of nitrogens with zero attached hydrogens (tertiary/aromatic N) is 1. The number of rotatable bonds is 5. The van der Waals surface area contributed by atoms with Crippen molar-refractivity contribution in [2.45, 2.75) is 63.1 Å². The van der Waals surface area contributed by atoms with E-state index in [-0.39, 0.29) is 23.8 Å². The van der Waals surface area contributed by atoms with Gasteiger partial charge in [-0.1, -0.05) is 36.4 Å². The van der Waals surface area contributed by atoms with E-state index in [9.17, 15) is 4.79 Å². The van der Waals surface area contributed by atoms with Crippen LogP contribution >= 0.6 is 0 Å². The van der Waals surface area contributed by atoms with E-state index in [1.807, 2.05) is 24.3 Å². The third-order valence-corrected chi connectivity index (χ3v) is 7.21. The van der Waals surface area contributed by atoms with Crippen molar-refractivity contribution in [3.63, 3.8) is 0 Å². The molecule has 0 saturated heterocycles. The van der Waals surface area contributed by atoms with Crippen molar-refractivity contribution in [2.24, 2.45) is 11.5 Å². The second-order valence-corrected chi connectivity index (χ2v) is 9.35. The summed E-state index contributed by atoms with van der Waals surface area (Å²) in [5.41, 5.74) is 16.9. The van der Waals surface area contributed by atoms with Crippen molar-refractivity contribution < 1.29 is 4.79 Å². The lowest BCUT2D eigenvalue weighted by atomic mass is 9.92. The molecule has 0 bridgehead atoms. The molecule has 6 N–H and O–H groups in total. The van der Waals surface area contributed by atoms with Gasteiger partial charge >= 0.3 is 0 Å². The van der Waals surface area contributed by atoms with Gasteiger partial charge in [0.2, 0.25) is 0 Å². The normalized spacial score (nSPS) is 22.6. The average molecular weight is 430 g/mol. The monoisotopic (exact) mass is 429 g/mol. The molecule has 1 saturated carbocycles. The molecule has 1 atom stereocenters. The zero-order valence-electron chi connectivity index (χ0n) is 18.3. The lowest BCUT2D eigenvalue weighted by Gasteiger charge is -2.27. The summed E-state index contributed by atoms with van der Waals surface area (Å²) in [6.45, 7) is 0.736. The van der Waals surface area contributed by atoms with E-state index in [0.29, 0.717) is 17.2 Å². The van der Waals surface area contributed by atoms with Gasteiger partial charge in [-0.25, -0.2) is 0 Å². The maximum Gasteiger partial charge on any atom is 0.268 e. The highest BCUT2D eigenvalue weighted by molar-refractivity contribution is 6.02. The summed E-state index contributed by atoms with van der Waals surface area (Å²) in [5.74, 6) is 0.370. The first-order valence-electron chi connectivity index (χ1n) is 11.6. The fourth-order valence-corrected chi connectivity index (χ4v) is 5.39. The molecule has 1 heterocycles. The lowest BCUT2D eigenvalue weighted by molar-refractivity contribution is 0.0916. The molecule has 1 amide bonds. The van der Waals surface area contributed by atoms with Crippen LogP contribution in [0.4, 0.5) is 0 Å². The van der Waals surface area contributed by atoms with Crippen molar-refractivity contribution in [1.82, 2.24) is 9.88 Å². The van der Waals surface area contributed by atoms with Gasteiger partial charge in [-0.3, -0.25) is 10.2 Å². The smallest absolute Gasteiger partial charge is 0.268 e. The second-order valence-electron chi connectivity index (χ2n) is 9.35. The Morgan fingerprint density at radius 3 is 2.62 bits per heavy atom. The molecule has 3 aromatic rings. The molecule has 0 radical (unpaired) electrons. The molecule has 0 unspecified atom stereocenters. The van der Waals surface area contributed by atoms with Crippen LogP contribution in [0.15, 0.2) is 48.5 Å². The predicted octanol–water partition coefficient (Wildman–Crippen LogP) is 3.66. The lowest BCUT2D eigenvalue weighted by Crippen LogP contribution is -2.41. The van der Waals surface area contributed by atoms with Gasteiger partial charge in [0.05, 0.1) is 0 Å². The maximum atomic E-state index is 13.4. The quantitative estimate of drug-likeness (QED) is 0.367. The molecular formula is C26H31N5O. The summed E-state index contributed by atoms with van der Waals surface area (Å²) < 4.78 is 2.14. The zero-order chi connectivity index (χ0) is 22.2. The highest BCUT2D eigenvalue weighted by Gasteiger charge is 2.27. The van der Waals surface area contributed by atoms with Gasteiger partial charge in [-0.05, 0) is 61.8 Å². The van der Waals surface area contributed by atoms with E-state index in [4.69, 9.17) is 16.9 Å². The minimum atomic E-state index is -0.0303. The fourth-order valence-electron chi connectivity index (χ4n) is 5.39. The summed E-state index contributed by atoms with van der Waals surface area (Å²) in [6, 6.07) is 16.8. The molecule has 32 heavy (non-hydrogen) atoms. The molecule has 2 aliphatic carbocycles. The third kappa shape index (κ3) is 3.91. The number of amidine groups is 1. The molecule has 6 nitrogen and oxygen atoms in total. The highest BCUT2D eigenvalue weighted by atomic mass is 16.2. The van der Waals surface area contributed by atoms with Crippen molar-refractivity contribution in [2.75, 3.05) is 0 Å². The minimum absolute atomic E-state index is 0.0303. The van der Waals surface area contributed by atoms with Crippen LogP contribution in [-0.4, -0.2) is 28.4 Å². The fraction of sp³-hybridized carbons (Fsp3) is 0.385. The van der Waals surface area contributed by atoms with Gasteiger partial charge in [0.1, 0.15) is 11.5 Å². The molecule has 0 spiro atoms. The number of hydrogen-bond acceptors (Lipinski definition) is 3. The average Bonchev–Trinajstić information content (AvgIpc) is 3.37. The minimum Gasteiger partial charge on any atom is -0.384 e. The predicted molar refractivity (Wildman–Crippen MR) is 128 cm³/mol. The zero-order valence-corrected chi connectivity index (χ0v) is 18.3. The second kappa shape index (κ2) is 8.43. The Morgan fingerprint density at radius 2 is 1.84 bits per heavy atom. The number of fused-ring (bicyclic) bond motifs is 2. The number of carbonyl (C=O) groups excluding carboxylic acids is 1. The summed E-state index contributed by atoms with van der Waals surface area (Å²) in [4.78, 5) is 13.4. The molecule has 166 valence electrons. The van der Waals surface area contributed by atoms with Gasteiger partial charge in [-0.15, -0.1) is 0 Å². The van der Waals surface area contributed by atoms with E-state index in [1.54, 1.807) is 0 Å². The third-order valence-electron chi connectivity index (χ3n) is 7.21. The first-order valence-corrected chi connectivity index (χ1v) is 11.6. The number of carbonyl (C=O) groups is 1. The van der Waals surface area contributed by atoms with Crippen LogP contribution in [0.3, 0.4) is 0 Å². The Kier molecular flexibility index (Phi) is 5.47. The van der Waals surface area contributed by atoms with Gasteiger partial charge < -0.3 is 21.4 Å². The first-order chi connectivity index (χ1) is 15.5. The van der Waals surface area contributed by atoms with Crippen LogP contribution in [0.5, 0.6) is 0 Å². The summed E-state index contributed by atoms with van der Waals surface area (Å²) in [5, 5.41) is 12.1. The number of hydrogen-bond donors (Lipinski definition) is 4. The van der Waals surface area contributed by atoms with Crippen molar-refractivity contribution >= 4 is 22.6 Å². The molecular weight excluding hydrogens is 398 g/mol. The summed E-state index contributed by atoms with van der Waals surface area (Å²) in [7, 11) is 0. The number of aromatic nitrogens is 1. The van der Waals surface area contributed by atoms with Crippen LogP contribution < -0.4 is 16.8 Å². The van der Waals surface area contributed by atoms with Crippen LogP contribution in [0.25, 0.3) is 10.9 Å². The standard InChI is InChI=1S/C26H31N5O/c27-20-9-11-21(12-10-20)30-26(32)24-13-17-6-7-18(25(28)29)14-23(17)31(24)15-19-8-5-16-3-1-2-4-22(16)19/h1-4,6-7,13-14,19-21H,5,8-12,15,27H2,(H3,28,29)(H,30,32)/t19-,20?,21?/m1/s1. The number of benzene rings is 2. The maximum absolute atomic E-state index is 13.4. The Morgan fingerprint density at radius 1 is 1.06 bits per heavy atom. The van der Waals surface area contributed by atoms with Gasteiger partial charge in [0.25, 0.3) is 5.91 Å². The van der Waals surface area contributed by atoms with Crippen LogP contribution in [0.1, 0.15) is 65.2 Å². The van der Waals surface area contributed by atoms with E-state index in [0.717, 1.165) is 56.0 Å². The summed E-state index contributed by atoms with van der Waals surface area (Å²) >= 11 is 0. The Hall–Kier alpha value is -3.12. The van der Waals surface area contributed by atoms with Crippen LogP contribution in [0, 0.1) is 5.41 Å². The number of aryl methyl sites for hydroxylation is 1. The number of nitrogen functional groups attached to an aromatic ring is 1. The molecule has 5 rings (SSSR count). The number of amides is 1. The summed E-state index contributed by atoms with van der Waals surface area (Å²) in [6.07, 6.45) is 5.91. The van der Waals surface area contributed by atoms with Gasteiger partial charge in [0.15, 0.2) is 0 Å². The molecule has 1 fully saturated rings. The number of nitrogens with two attached hydrogens (primary N) is 2. The van der Waals surface area contributed by atoms with Crippen molar-refractivity contribution in [3.8, 4) is 0 Å². The van der Waals surface area contributed by atoms with Crippen LogP contribution in [-0.2, 0) is 13.0 Å². The molecule has 2 aromatic carbocycles. The molecule has 6 heteroatoms. The molecule has 0 aliphatic heterocycles. The SMILES string of the molecule is N=C(N)c1ccc2cc(C(=O)NC3CCC(N)CC3)n(C[C@H]3CCc4ccccc43)c2c1. The van der Waals surface area contributed by atoms with Crippen molar-refractivity contribution in [1.29, 1.82) is 5.41 Å². The molecule has 2 aliphatic rings. The topological polar surface area (TPSA) is 110 Å². The Bertz CT molecular complexity index is 1170. The van der Waals surface area contributed by atoms with E-state index < -0.39 is 0 Å². The van der Waals surface area contributed by atoms with Gasteiger partial charge in [-0.2, -0.15) is 0 Å². The van der Waals surface area contributed by atoms with Crippen LogP contribution in [0.2, 0.25) is 0 Å². The van der Waals surface area contributed by atoms with E-state index in [2.05, 4.69) is 34.1 Å². The highest BCUT2D eigenvalue weighted by Crippen LogP contribution is 2.36. The largest absolute Gasteiger partial charge is 0.384 e. The van der Waals surface area contributed by atoms with Gasteiger partial charge in [0, 0.05) is 41.0 Å². The first kappa shape index (κ1) is 20.8. The van der Waals surface area contributed by atoms with E-state index in [1.165, 1.54) is 11.1 Å². The molecule has 1 aromatic heterocycles. The Balaban J connectivity index is 1.50. The number of nitrogens with one attached hydrogen (secondary N) is 2. The van der Waals surface area contributed by atoms with Crippen molar-refractivity contribution in [3.05, 3.63) is 70.9 Å².